The topological polar surface area (TPSA) is 40.5 Å². The molecule has 3 nitrogen and oxygen atoms in total. The first-order chi connectivity index (χ1) is 6.52. The Morgan fingerprint density at radius 2 is 1.93 bits per heavy atom. The van der Waals surface area contributed by atoms with E-state index in [4.69, 9.17) is 5.11 Å². The number of rotatable bonds is 2. The van der Waals surface area contributed by atoms with Crippen molar-refractivity contribution < 1.29 is 14.3 Å². The Balaban J connectivity index is 2.84. The van der Waals surface area contributed by atoms with Gasteiger partial charge in [0.05, 0.1) is 0 Å². The highest BCUT2D eigenvalue weighted by atomic mass is 19.1. The lowest BCUT2D eigenvalue weighted by atomic mass is 10.2. The third-order valence-corrected chi connectivity index (χ3v) is 1.90. The van der Waals surface area contributed by atoms with Crippen molar-refractivity contribution in [1.29, 1.82) is 0 Å². The molecule has 0 fully saturated rings. The number of hydrogen-bond acceptors (Lipinski definition) is 2. The fraction of sp³-hybridized carbons (Fsp3) is 0.300. The molecule has 0 aliphatic heterocycles. The van der Waals surface area contributed by atoms with Crippen molar-refractivity contribution in [2.75, 3.05) is 11.9 Å². The van der Waals surface area contributed by atoms with E-state index in [1.807, 2.05) is 0 Å². The average Bonchev–Trinajstić information content (AvgIpc) is 2.16. The molecule has 0 heterocycles. The van der Waals surface area contributed by atoms with Crippen molar-refractivity contribution in [3.05, 3.63) is 30.1 Å². The van der Waals surface area contributed by atoms with Gasteiger partial charge in [0.1, 0.15) is 11.9 Å². The van der Waals surface area contributed by atoms with Gasteiger partial charge in [-0.15, -0.1) is 0 Å². The first-order valence-corrected chi connectivity index (χ1v) is 4.23. The van der Waals surface area contributed by atoms with Gasteiger partial charge in [-0.2, -0.15) is 0 Å². The monoisotopic (exact) mass is 197 g/mol. The lowest BCUT2D eigenvalue weighted by Gasteiger charge is -2.18. The molecule has 14 heavy (non-hydrogen) atoms. The fourth-order valence-electron chi connectivity index (χ4n) is 1.07. The SMILES string of the molecule is CC(O)C(=O)N(C)c1ccc(F)cc1. The summed E-state index contributed by atoms with van der Waals surface area (Å²) >= 11 is 0. The number of hydrogen-bond donors (Lipinski definition) is 1. The summed E-state index contributed by atoms with van der Waals surface area (Å²) in [4.78, 5) is 12.6. The lowest BCUT2D eigenvalue weighted by Crippen LogP contribution is -2.34. The number of carbonyl (C=O) groups excluding carboxylic acids is 1. The van der Waals surface area contributed by atoms with Gasteiger partial charge < -0.3 is 10.0 Å². The first kappa shape index (κ1) is 10.7. The summed E-state index contributed by atoms with van der Waals surface area (Å²) < 4.78 is 12.6. The summed E-state index contributed by atoms with van der Waals surface area (Å²) in [5.41, 5.74) is 0.553. The van der Waals surface area contributed by atoms with Crippen LogP contribution in [0.15, 0.2) is 24.3 Å². The maximum atomic E-state index is 12.6. The van der Waals surface area contributed by atoms with Crippen molar-refractivity contribution in [2.24, 2.45) is 0 Å². The Kier molecular flexibility index (Phi) is 3.19. The van der Waals surface area contributed by atoms with Gasteiger partial charge in [0.2, 0.25) is 0 Å². The minimum absolute atomic E-state index is 0.355. The van der Waals surface area contributed by atoms with Crippen LogP contribution < -0.4 is 4.90 Å². The number of benzene rings is 1. The van der Waals surface area contributed by atoms with Gasteiger partial charge in [0.25, 0.3) is 5.91 Å². The van der Waals surface area contributed by atoms with Gasteiger partial charge in [0.15, 0.2) is 0 Å². The predicted octanol–water partition coefficient (Wildman–Crippen LogP) is 1.17. The zero-order valence-electron chi connectivity index (χ0n) is 8.07. The number of aliphatic hydroxyl groups is 1. The smallest absolute Gasteiger partial charge is 0.255 e. The Morgan fingerprint density at radius 3 is 2.36 bits per heavy atom. The van der Waals surface area contributed by atoms with Crippen LogP contribution in [-0.4, -0.2) is 24.2 Å². The van der Waals surface area contributed by atoms with E-state index in [9.17, 15) is 9.18 Å². The normalized spacial score (nSPS) is 12.3. The quantitative estimate of drug-likeness (QED) is 0.773. The zero-order valence-corrected chi connectivity index (χ0v) is 8.07. The molecule has 1 atom stereocenters. The summed E-state index contributed by atoms with van der Waals surface area (Å²) in [5, 5.41) is 9.04. The van der Waals surface area contributed by atoms with Gasteiger partial charge in [-0.1, -0.05) is 0 Å². The van der Waals surface area contributed by atoms with E-state index in [0.29, 0.717) is 5.69 Å². The molecule has 1 rings (SSSR count). The Morgan fingerprint density at radius 1 is 1.43 bits per heavy atom. The Hall–Kier alpha value is -1.42. The van der Waals surface area contributed by atoms with Crippen LogP contribution in [0.3, 0.4) is 0 Å². The van der Waals surface area contributed by atoms with E-state index in [-0.39, 0.29) is 5.82 Å². The van der Waals surface area contributed by atoms with Crippen LogP contribution in [0, 0.1) is 5.82 Å². The van der Waals surface area contributed by atoms with E-state index < -0.39 is 12.0 Å². The molecule has 1 aromatic carbocycles. The molecule has 76 valence electrons. The van der Waals surface area contributed by atoms with Crippen molar-refractivity contribution in [1.82, 2.24) is 0 Å². The Bertz CT molecular complexity index is 321. The van der Waals surface area contributed by atoms with Crippen LogP contribution in [0.1, 0.15) is 6.92 Å². The van der Waals surface area contributed by atoms with Crippen LogP contribution >= 0.6 is 0 Å². The van der Waals surface area contributed by atoms with Crippen molar-refractivity contribution >= 4 is 11.6 Å². The molecule has 0 aliphatic carbocycles. The minimum Gasteiger partial charge on any atom is -0.384 e. The maximum Gasteiger partial charge on any atom is 0.255 e. The number of amides is 1. The van der Waals surface area contributed by atoms with E-state index in [2.05, 4.69) is 0 Å². The highest BCUT2D eigenvalue weighted by Gasteiger charge is 2.15. The first-order valence-electron chi connectivity index (χ1n) is 4.23. The van der Waals surface area contributed by atoms with E-state index in [1.165, 1.54) is 43.1 Å². The van der Waals surface area contributed by atoms with Gasteiger partial charge >= 0.3 is 0 Å². The average molecular weight is 197 g/mol. The standard InChI is InChI=1S/C10H12FNO2/c1-7(13)10(14)12(2)9-5-3-8(11)4-6-9/h3-7,13H,1-2H3. The third-order valence-electron chi connectivity index (χ3n) is 1.90. The number of halogens is 1. The number of nitrogens with zero attached hydrogens (tertiary/aromatic N) is 1. The number of anilines is 1. The van der Waals surface area contributed by atoms with Gasteiger partial charge in [-0.25, -0.2) is 4.39 Å². The van der Waals surface area contributed by atoms with Crippen LogP contribution in [0.2, 0.25) is 0 Å². The summed E-state index contributed by atoms with van der Waals surface area (Å²) in [6.45, 7) is 1.39. The van der Waals surface area contributed by atoms with Gasteiger partial charge in [-0.05, 0) is 31.2 Å². The Labute approximate surface area is 81.8 Å². The number of aliphatic hydroxyl groups excluding tert-OH is 1. The lowest BCUT2D eigenvalue weighted by molar-refractivity contribution is -0.125. The summed E-state index contributed by atoms with van der Waals surface area (Å²) in [5.74, 6) is -0.775. The molecule has 4 heteroatoms. The molecule has 0 spiro atoms. The molecule has 0 aliphatic rings. The second-order valence-corrected chi connectivity index (χ2v) is 3.05. The number of carbonyl (C=O) groups is 1. The van der Waals surface area contributed by atoms with Crippen molar-refractivity contribution in [3.63, 3.8) is 0 Å². The fourth-order valence-corrected chi connectivity index (χ4v) is 1.07. The van der Waals surface area contributed by atoms with E-state index in [0.717, 1.165) is 0 Å². The van der Waals surface area contributed by atoms with Gasteiger partial charge in [-0.3, -0.25) is 4.79 Å². The summed E-state index contributed by atoms with van der Waals surface area (Å²) in [7, 11) is 1.53. The second kappa shape index (κ2) is 4.19. The van der Waals surface area contributed by atoms with E-state index >= 15 is 0 Å². The van der Waals surface area contributed by atoms with Gasteiger partial charge in [0, 0.05) is 12.7 Å². The van der Waals surface area contributed by atoms with E-state index in [1.54, 1.807) is 0 Å². The molecular weight excluding hydrogens is 185 g/mol. The van der Waals surface area contributed by atoms with Crippen LogP contribution in [0.4, 0.5) is 10.1 Å². The maximum absolute atomic E-state index is 12.6. The predicted molar refractivity (Wildman–Crippen MR) is 51.5 cm³/mol. The number of likely N-dealkylation sites (N-methyl/N-ethyl adjacent to an activating group) is 1. The van der Waals surface area contributed by atoms with Crippen molar-refractivity contribution in [3.8, 4) is 0 Å². The van der Waals surface area contributed by atoms with Crippen LogP contribution in [0.25, 0.3) is 0 Å². The van der Waals surface area contributed by atoms with Crippen LogP contribution in [-0.2, 0) is 4.79 Å². The largest absolute Gasteiger partial charge is 0.384 e. The molecular formula is C10H12FNO2. The molecule has 1 aromatic rings. The van der Waals surface area contributed by atoms with Crippen molar-refractivity contribution in [2.45, 2.75) is 13.0 Å². The molecule has 0 radical (unpaired) electrons. The van der Waals surface area contributed by atoms with Crippen LogP contribution in [0.5, 0.6) is 0 Å². The summed E-state index contributed by atoms with van der Waals surface area (Å²) in [6.07, 6.45) is -1.05. The second-order valence-electron chi connectivity index (χ2n) is 3.05. The third kappa shape index (κ3) is 2.29. The molecule has 0 saturated carbocycles. The zero-order chi connectivity index (χ0) is 10.7. The highest BCUT2D eigenvalue weighted by Crippen LogP contribution is 2.13. The molecule has 0 bridgehead atoms. The molecule has 0 aromatic heterocycles. The molecule has 0 saturated heterocycles. The highest BCUT2D eigenvalue weighted by molar-refractivity contribution is 5.95. The minimum atomic E-state index is -1.05. The molecule has 1 N–H and O–H groups in total. The molecule has 1 amide bonds. The molecule has 1 unspecified atom stereocenters. The summed E-state index contributed by atoms with van der Waals surface area (Å²) in [6, 6.07) is 5.49.